The number of anilines is 1. The Morgan fingerprint density at radius 2 is 2.15 bits per heavy atom. The van der Waals surface area contributed by atoms with Gasteiger partial charge in [0.25, 0.3) is 10.0 Å². The first kappa shape index (κ1) is 13.3. The average Bonchev–Trinajstić information content (AvgIpc) is 3.07. The van der Waals surface area contributed by atoms with Gasteiger partial charge in [0.05, 0.1) is 0 Å². The van der Waals surface area contributed by atoms with Gasteiger partial charge in [-0.3, -0.25) is 4.72 Å². The van der Waals surface area contributed by atoms with E-state index in [0.29, 0.717) is 5.56 Å². The van der Waals surface area contributed by atoms with Crippen molar-refractivity contribution in [2.24, 2.45) is 0 Å². The smallest absolute Gasteiger partial charge is 0.266 e. The molecule has 0 amide bonds. The van der Waals surface area contributed by atoms with E-state index in [-0.39, 0.29) is 16.8 Å². The van der Waals surface area contributed by atoms with E-state index in [2.05, 4.69) is 9.71 Å². The number of aromatic nitrogens is 1. The summed E-state index contributed by atoms with van der Waals surface area (Å²) in [6, 6.07) is 2.06. The van der Waals surface area contributed by atoms with E-state index in [1.807, 2.05) is 0 Å². The molecule has 1 aromatic heterocycles. The third-order valence-electron chi connectivity index (χ3n) is 3.04. The Kier molecular flexibility index (Phi) is 3.14. The summed E-state index contributed by atoms with van der Waals surface area (Å²) >= 11 is 1.10. The molecule has 106 valence electrons. The SMILES string of the molecule is O=S(=O)(Nc1nccs1)c1cc(C2CC2)c(O)cc1F. The Hall–Kier alpha value is -1.67. The van der Waals surface area contributed by atoms with Crippen LogP contribution in [-0.4, -0.2) is 18.5 Å². The van der Waals surface area contributed by atoms with Gasteiger partial charge in [-0.1, -0.05) is 0 Å². The van der Waals surface area contributed by atoms with E-state index in [0.717, 1.165) is 30.2 Å². The van der Waals surface area contributed by atoms with Crippen LogP contribution in [-0.2, 0) is 10.0 Å². The van der Waals surface area contributed by atoms with Crippen LogP contribution in [0.15, 0.2) is 28.6 Å². The van der Waals surface area contributed by atoms with E-state index in [1.54, 1.807) is 5.38 Å². The summed E-state index contributed by atoms with van der Waals surface area (Å²) in [5, 5.41) is 11.5. The molecule has 1 aliphatic rings. The summed E-state index contributed by atoms with van der Waals surface area (Å²) in [5.41, 5.74) is 0.478. The molecule has 0 atom stereocenters. The lowest BCUT2D eigenvalue weighted by Crippen LogP contribution is -2.14. The predicted octanol–water partition coefficient (Wildman–Crippen LogP) is 2.67. The van der Waals surface area contributed by atoms with Crippen LogP contribution in [0.25, 0.3) is 0 Å². The van der Waals surface area contributed by atoms with Gasteiger partial charge in [0.1, 0.15) is 16.5 Å². The third kappa shape index (κ3) is 2.48. The third-order valence-corrected chi connectivity index (χ3v) is 5.21. The molecule has 1 heterocycles. The number of thiazole rings is 1. The summed E-state index contributed by atoms with van der Waals surface area (Å²) in [6.45, 7) is 0. The molecule has 0 radical (unpaired) electrons. The van der Waals surface area contributed by atoms with Crippen LogP contribution >= 0.6 is 11.3 Å². The van der Waals surface area contributed by atoms with E-state index in [1.165, 1.54) is 12.3 Å². The number of hydrogen-bond donors (Lipinski definition) is 2. The highest BCUT2D eigenvalue weighted by atomic mass is 32.2. The summed E-state index contributed by atoms with van der Waals surface area (Å²) in [7, 11) is -4.05. The molecule has 0 spiro atoms. The van der Waals surface area contributed by atoms with E-state index in [9.17, 15) is 17.9 Å². The zero-order valence-corrected chi connectivity index (χ0v) is 11.8. The largest absolute Gasteiger partial charge is 0.508 e. The number of phenols is 1. The maximum Gasteiger partial charge on any atom is 0.266 e. The van der Waals surface area contributed by atoms with Crippen LogP contribution in [0.4, 0.5) is 9.52 Å². The van der Waals surface area contributed by atoms with Gasteiger partial charge in [0.15, 0.2) is 5.13 Å². The van der Waals surface area contributed by atoms with Crippen molar-refractivity contribution in [3.05, 3.63) is 35.1 Å². The molecule has 5 nitrogen and oxygen atoms in total. The van der Waals surface area contributed by atoms with Crippen LogP contribution in [0.3, 0.4) is 0 Å². The van der Waals surface area contributed by atoms with Crippen LogP contribution in [0.1, 0.15) is 24.3 Å². The second-order valence-electron chi connectivity index (χ2n) is 4.56. The highest BCUT2D eigenvalue weighted by Gasteiger charge is 2.30. The van der Waals surface area contributed by atoms with Gasteiger partial charge < -0.3 is 5.11 Å². The maximum atomic E-state index is 13.8. The summed E-state index contributed by atoms with van der Waals surface area (Å²) in [4.78, 5) is 3.34. The summed E-state index contributed by atoms with van der Waals surface area (Å²) in [5.74, 6) is -1.06. The minimum atomic E-state index is -4.05. The number of benzene rings is 1. The lowest BCUT2D eigenvalue weighted by Gasteiger charge is -2.10. The number of aromatic hydroxyl groups is 1. The van der Waals surface area contributed by atoms with Crippen molar-refractivity contribution < 1.29 is 17.9 Å². The Labute approximate surface area is 119 Å². The summed E-state index contributed by atoms with van der Waals surface area (Å²) in [6.07, 6.45) is 3.20. The van der Waals surface area contributed by atoms with Crippen molar-refractivity contribution in [2.45, 2.75) is 23.7 Å². The van der Waals surface area contributed by atoms with E-state index < -0.39 is 20.7 Å². The number of halogens is 1. The maximum absolute atomic E-state index is 13.8. The van der Waals surface area contributed by atoms with E-state index >= 15 is 0 Å². The highest BCUT2D eigenvalue weighted by molar-refractivity contribution is 7.93. The van der Waals surface area contributed by atoms with Gasteiger partial charge in [-0.25, -0.2) is 17.8 Å². The molecule has 1 saturated carbocycles. The second-order valence-corrected chi connectivity index (χ2v) is 7.10. The van der Waals surface area contributed by atoms with Crippen molar-refractivity contribution in [3.63, 3.8) is 0 Å². The topological polar surface area (TPSA) is 79.3 Å². The first-order chi connectivity index (χ1) is 9.47. The molecule has 1 aromatic carbocycles. The quantitative estimate of drug-likeness (QED) is 0.909. The number of phenolic OH excluding ortho intramolecular Hbond substituents is 1. The van der Waals surface area contributed by atoms with Gasteiger partial charge in [0.2, 0.25) is 0 Å². The van der Waals surface area contributed by atoms with Gasteiger partial charge in [-0.15, -0.1) is 11.3 Å². The Bertz CT molecular complexity index is 740. The molecule has 2 N–H and O–H groups in total. The van der Waals surface area contributed by atoms with Crippen molar-refractivity contribution in [1.29, 1.82) is 0 Å². The van der Waals surface area contributed by atoms with Crippen LogP contribution in [0.2, 0.25) is 0 Å². The molecule has 8 heteroatoms. The molecule has 3 rings (SSSR count). The van der Waals surface area contributed by atoms with Gasteiger partial charge >= 0.3 is 0 Å². The molecule has 0 aliphatic heterocycles. The zero-order chi connectivity index (χ0) is 14.3. The molecular weight excluding hydrogens is 303 g/mol. The van der Waals surface area contributed by atoms with Gasteiger partial charge in [-0.2, -0.15) is 0 Å². The van der Waals surface area contributed by atoms with Crippen LogP contribution in [0, 0.1) is 5.82 Å². The Balaban J connectivity index is 2.02. The van der Waals surface area contributed by atoms with Gasteiger partial charge in [0, 0.05) is 17.6 Å². The van der Waals surface area contributed by atoms with Crippen LogP contribution in [0.5, 0.6) is 5.75 Å². The highest BCUT2D eigenvalue weighted by Crippen LogP contribution is 2.45. The Morgan fingerprint density at radius 3 is 2.75 bits per heavy atom. The number of rotatable bonds is 4. The standard InChI is InChI=1S/C12H11FN2O3S2/c13-9-6-10(16)8(7-1-2-7)5-11(9)20(17,18)15-12-14-3-4-19-12/h3-7,16H,1-2H2,(H,14,15). The fourth-order valence-corrected chi connectivity index (χ4v) is 3.81. The number of hydrogen-bond acceptors (Lipinski definition) is 5. The number of sulfonamides is 1. The predicted molar refractivity (Wildman–Crippen MR) is 73.0 cm³/mol. The minimum absolute atomic E-state index is 0.115. The van der Waals surface area contributed by atoms with Gasteiger partial charge in [-0.05, 0) is 30.4 Å². The molecule has 1 fully saturated rings. The molecule has 0 unspecified atom stereocenters. The molecule has 0 bridgehead atoms. The number of nitrogens with zero attached hydrogens (tertiary/aromatic N) is 1. The fourth-order valence-electron chi connectivity index (χ4n) is 1.93. The van der Waals surface area contributed by atoms with Crippen molar-refractivity contribution in [3.8, 4) is 5.75 Å². The first-order valence-corrected chi connectivity index (χ1v) is 8.28. The minimum Gasteiger partial charge on any atom is -0.508 e. The van der Waals surface area contributed by atoms with Crippen molar-refractivity contribution >= 4 is 26.5 Å². The monoisotopic (exact) mass is 314 g/mol. The van der Waals surface area contributed by atoms with E-state index in [4.69, 9.17) is 0 Å². The van der Waals surface area contributed by atoms with Crippen LogP contribution < -0.4 is 4.72 Å². The molecule has 2 aromatic rings. The summed E-state index contributed by atoms with van der Waals surface area (Å²) < 4.78 is 40.4. The first-order valence-electron chi connectivity index (χ1n) is 5.92. The molecule has 0 saturated heterocycles. The molecule has 1 aliphatic carbocycles. The normalized spacial score (nSPS) is 15.2. The van der Waals surface area contributed by atoms with Crippen molar-refractivity contribution in [1.82, 2.24) is 4.98 Å². The lowest BCUT2D eigenvalue weighted by atomic mass is 10.1. The van der Waals surface area contributed by atoms with Crippen molar-refractivity contribution in [2.75, 3.05) is 4.72 Å². The fraction of sp³-hybridized carbons (Fsp3) is 0.250. The lowest BCUT2D eigenvalue weighted by molar-refractivity contribution is 0.458. The molecule has 20 heavy (non-hydrogen) atoms. The average molecular weight is 314 g/mol. The molecular formula is C12H11FN2O3S2. The second kappa shape index (κ2) is 4.71. The number of nitrogens with one attached hydrogen (secondary N) is 1. The zero-order valence-electron chi connectivity index (χ0n) is 10.2. The Morgan fingerprint density at radius 1 is 1.40 bits per heavy atom.